The standard InChI is InChI=1S/C19H20F6N2/c1-3-4-7-14-12(2)13-8-5-6-9-15(13)17-16(14)26(18(20,21)22)10-11-27(17)19(23,24)25/h4-9,16-17H,3,10-11H2,1-2H3/b7-4-. The van der Waals surface area contributed by atoms with E-state index in [2.05, 4.69) is 0 Å². The average molecular weight is 390 g/mol. The number of benzene rings is 1. The third-order valence-corrected chi connectivity index (χ3v) is 5.17. The summed E-state index contributed by atoms with van der Waals surface area (Å²) in [5, 5.41) is 0. The maximum atomic E-state index is 13.7. The van der Waals surface area contributed by atoms with Crippen LogP contribution < -0.4 is 0 Å². The van der Waals surface area contributed by atoms with Crippen molar-refractivity contribution in [2.75, 3.05) is 13.1 Å². The fourth-order valence-electron chi connectivity index (χ4n) is 4.02. The largest absolute Gasteiger partial charge is 0.460 e. The molecule has 8 heteroatoms. The molecular formula is C19H20F6N2. The van der Waals surface area contributed by atoms with Crippen LogP contribution in [0.3, 0.4) is 0 Å². The molecular weight excluding hydrogens is 370 g/mol. The summed E-state index contributed by atoms with van der Waals surface area (Å²) in [5.41, 5.74) is 1.70. The lowest BCUT2D eigenvalue weighted by Gasteiger charge is -2.51. The molecule has 1 heterocycles. The van der Waals surface area contributed by atoms with Gasteiger partial charge in [0.2, 0.25) is 0 Å². The zero-order valence-electron chi connectivity index (χ0n) is 14.9. The Kier molecular flexibility index (Phi) is 5.16. The van der Waals surface area contributed by atoms with E-state index in [4.69, 9.17) is 0 Å². The van der Waals surface area contributed by atoms with E-state index in [0.29, 0.717) is 17.6 Å². The Morgan fingerprint density at radius 3 is 2.07 bits per heavy atom. The summed E-state index contributed by atoms with van der Waals surface area (Å²) in [6.07, 6.45) is -5.64. The first-order valence-corrected chi connectivity index (χ1v) is 8.71. The van der Waals surface area contributed by atoms with Crippen molar-refractivity contribution in [2.45, 2.75) is 45.0 Å². The molecule has 0 aromatic heterocycles. The fraction of sp³-hybridized carbons (Fsp3) is 0.474. The van der Waals surface area contributed by atoms with Gasteiger partial charge < -0.3 is 0 Å². The molecule has 2 nitrogen and oxygen atoms in total. The van der Waals surface area contributed by atoms with Crippen LogP contribution in [-0.4, -0.2) is 41.5 Å². The first kappa shape index (κ1) is 19.9. The fourth-order valence-corrected chi connectivity index (χ4v) is 4.02. The van der Waals surface area contributed by atoms with Gasteiger partial charge in [-0.1, -0.05) is 43.3 Å². The summed E-state index contributed by atoms with van der Waals surface area (Å²) < 4.78 is 82.2. The number of hydrogen-bond acceptors (Lipinski definition) is 2. The lowest BCUT2D eigenvalue weighted by Crippen LogP contribution is -2.63. The topological polar surface area (TPSA) is 6.48 Å². The van der Waals surface area contributed by atoms with E-state index in [0.717, 1.165) is 0 Å². The third-order valence-electron chi connectivity index (χ3n) is 5.17. The Labute approximate surface area is 153 Å². The molecule has 1 fully saturated rings. The molecule has 1 aromatic carbocycles. The maximum Gasteiger partial charge on any atom is 0.460 e. The predicted molar refractivity (Wildman–Crippen MR) is 90.5 cm³/mol. The second kappa shape index (κ2) is 6.98. The van der Waals surface area contributed by atoms with Crippen LogP contribution in [0.4, 0.5) is 26.3 Å². The van der Waals surface area contributed by atoms with Gasteiger partial charge in [-0.05, 0) is 35.6 Å². The van der Waals surface area contributed by atoms with Gasteiger partial charge in [0.25, 0.3) is 0 Å². The molecule has 2 aliphatic rings. The molecule has 0 saturated carbocycles. The van der Waals surface area contributed by atoms with E-state index in [1.165, 1.54) is 6.07 Å². The Hall–Kier alpha value is -1.80. The normalized spacial score (nSPS) is 25.0. The van der Waals surface area contributed by atoms with Gasteiger partial charge in [0, 0.05) is 13.1 Å². The highest BCUT2D eigenvalue weighted by Crippen LogP contribution is 2.50. The molecule has 1 aliphatic heterocycles. The van der Waals surface area contributed by atoms with Gasteiger partial charge in [0.15, 0.2) is 0 Å². The summed E-state index contributed by atoms with van der Waals surface area (Å²) in [4.78, 5) is 0.486. The smallest absolute Gasteiger partial charge is 0.204 e. The van der Waals surface area contributed by atoms with Gasteiger partial charge in [-0.3, -0.25) is 0 Å². The Balaban J connectivity index is 2.26. The van der Waals surface area contributed by atoms with E-state index in [1.807, 2.05) is 6.92 Å². The number of fused-ring (bicyclic) bond motifs is 3. The van der Waals surface area contributed by atoms with E-state index in [1.54, 1.807) is 37.3 Å². The van der Waals surface area contributed by atoms with Crippen molar-refractivity contribution in [3.05, 3.63) is 53.1 Å². The van der Waals surface area contributed by atoms with Crippen LogP contribution >= 0.6 is 0 Å². The lowest BCUT2D eigenvalue weighted by molar-refractivity contribution is -0.312. The highest BCUT2D eigenvalue weighted by Gasteiger charge is 2.57. The number of hydrogen-bond donors (Lipinski definition) is 0. The summed E-state index contributed by atoms with van der Waals surface area (Å²) >= 11 is 0. The van der Waals surface area contributed by atoms with Crippen molar-refractivity contribution < 1.29 is 26.3 Å². The second-order valence-corrected chi connectivity index (χ2v) is 6.69. The van der Waals surface area contributed by atoms with Crippen molar-refractivity contribution in [1.29, 1.82) is 0 Å². The minimum atomic E-state index is -4.72. The lowest BCUT2D eigenvalue weighted by atomic mass is 9.77. The van der Waals surface area contributed by atoms with Gasteiger partial charge in [-0.2, -0.15) is 26.3 Å². The maximum absolute atomic E-state index is 13.7. The van der Waals surface area contributed by atoms with E-state index < -0.39 is 37.8 Å². The van der Waals surface area contributed by atoms with Crippen molar-refractivity contribution in [1.82, 2.24) is 9.80 Å². The molecule has 0 bridgehead atoms. The summed E-state index contributed by atoms with van der Waals surface area (Å²) in [6, 6.07) is 3.52. The van der Waals surface area contributed by atoms with Crippen LogP contribution in [0.2, 0.25) is 0 Å². The van der Waals surface area contributed by atoms with Gasteiger partial charge >= 0.3 is 12.6 Å². The van der Waals surface area contributed by atoms with E-state index in [-0.39, 0.29) is 20.9 Å². The molecule has 148 valence electrons. The van der Waals surface area contributed by atoms with Crippen molar-refractivity contribution in [2.24, 2.45) is 0 Å². The predicted octanol–water partition coefficient (Wildman–Crippen LogP) is 5.51. The molecule has 2 atom stereocenters. The highest BCUT2D eigenvalue weighted by molar-refractivity contribution is 5.76. The van der Waals surface area contributed by atoms with Crippen molar-refractivity contribution in [3.8, 4) is 0 Å². The molecule has 1 saturated heterocycles. The number of nitrogens with zero attached hydrogens (tertiary/aromatic N) is 2. The zero-order valence-corrected chi connectivity index (χ0v) is 14.9. The third kappa shape index (κ3) is 3.52. The first-order chi connectivity index (χ1) is 12.6. The average Bonchev–Trinajstić information content (AvgIpc) is 2.59. The molecule has 27 heavy (non-hydrogen) atoms. The first-order valence-electron chi connectivity index (χ1n) is 8.71. The quantitative estimate of drug-likeness (QED) is 0.486. The Bertz CT molecular complexity index is 762. The minimum Gasteiger partial charge on any atom is -0.204 e. The Morgan fingerprint density at radius 1 is 0.963 bits per heavy atom. The zero-order chi connectivity index (χ0) is 20.0. The number of rotatable bonds is 2. The number of alkyl halides is 6. The van der Waals surface area contributed by atoms with Gasteiger partial charge in [-0.15, -0.1) is 0 Å². The van der Waals surface area contributed by atoms with Crippen LogP contribution in [0.1, 0.15) is 37.4 Å². The summed E-state index contributed by atoms with van der Waals surface area (Å²) in [5.74, 6) is 0. The number of allylic oxidation sites excluding steroid dienone is 2. The van der Waals surface area contributed by atoms with Crippen molar-refractivity contribution >= 4 is 5.57 Å². The number of halogens is 6. The molecule has 3 rings (SSSR count). The summed E-state index contributed by atoms with van der Waals surface area (Å²) in [6.45, 7) is 2.03. The van der Waals surface area contributed by atoms with Crippen LogP contribution in [0.15, 0.2) is 42.0 Å². The van der Waals surface area contributed by atoms with Gasteiger partial charge in [0.1, 0.15) is 0 Å². The van der Waals surface area contributed by atoms with Crippen molar-refractivity contribution in [3.63, 3.8) is 0 Å². The van der Waals surface area contributed by atoms with Gasteiger partial charge in [-0.25, -0.2) is 9.80 Å². The minimum absolute atomic E-state index is 0.241. The number of piperazine rings is 1. The molecule has 0 amide bonds. The molecule has 0 N–H and O–H groups in total. The second-order valence-electron chi connectivity index (χ2n) is 6.69. The SMILES string of the molecule is CC/C=C\C1=C(C)c2ccccc2C2C1N(C(F)(F)F)CCN2C(F)(F)F. The summed E-state index contributed by atoms with van der Waals surface area (Å²) in [7, 11) is 0. The molecule has 0 spiro atoms. The Morgan fingerprint density at radius 2 is 1.52 bits per heavy atom. The van der Waals surface area contributed by atoms with Crippen LogP contribution in [0.5, 0.6) is 0 Å². The molecule has 2 unspecified atom stereocenters. The van der Waals surface area contributed by atoms with E-state index >= 15 is 0 Å². The molecule has 0 radical (unpaired) electrons. The van der Waals surface area contributed by atoms with Crippen LogP contribution in [-0.2, 0) is 0 Å². The highest BCUT2D eigenvalue weighted by atomic mass is 19.4. The monoisotopic (exact) mass is 390 g/mol. The van der Waals surface area contributed by atoms with Crippen LogP contribution in [0.25, 0.3) is 5.57 Å². The molecule has 1 aromatic rings. The molecule has 1 aliphatic carbocycles. The van der Waals surface area contributed by atoms with E-state index in [9.17, 15) is 26.3 Å². The van der Waals surface area contributed by atoms with Crippen LogP contribution in [0, 0.1) is 0 Å². The van der Waals surface area contributed by atoms with Gasteiger partial charge in [0.05, 0.1) is 12.1 Å².